The number of esters is 1. The minimum Gasteiger partial charge on any atom is -0.484 e. The molecule has 1 aromatic carbocycles. The van der Waals surface area contributed by atoms with Crippen molar-refractivity contribution in [3.05, 3.63) is 60.3 Å². The fraction of sp³-hybridized carbons (Fsp3) is 0.238. The van der Waals surface area contributed by atoms with Crippen LogP contribution in [0.4, 0.5) is 5.82 Å². The van der Waals surface area contributed by atoms with Crippen molar-refractivity contribution in [3.63, 3.8) is 0 Å². The molecular formula is C21H21N3O5. The Kier molecular flexibility index (Phi) is 6.23. The second-order valence-corrected chi connectivity index (χ2v) is 6.35. The fourth-order valence-corrected chi connectivity index (χ4v) is 2.79. The van der Waals surface area contributed by atoms with Gasteiger partial charge in [0.05, 0.1) is 6.54 Å². The third-order valence-corrected chi connectivity index (χ3v) is 4.27. The Bertz CT molecular complexity index is 943. The smallest absolute Gasteiger partial charge is 0.335 e. The van der Waals surface area contributed by atoms with Crippen LogP contribution in [0.5, 0.6) is 11.5 Å². The van der Waals surface area contributed by atoms with Crippen molar-refractivity contribution < 1.29 is 23.9 Å². The first-order chi connectivity index (χ1) is 14.0. The maximum absolute atomic E-state index is 12.5. The zero-order chi connectivity index (χ0) is 20.8. The molecule has 3 rings (SSSR count). The van der Waals surface area contributed by atoms with E-state index in [4.69, 9.17) is 9.47 Å². The number of ether oxygens (including phenoxy) is 2. The zero-order valence-corrected chi connectivity index (χ0v) is 16.1. The Morgan fingerprint density at radius 1 is 1.28 bits per heavy atom. The number of amides is 2. The summed E-state index contributed by atoms with van der Waals surface area (Å²) in [6.45, 7) is 3.52. The summed E-state index contributed by atoms with van der Waals surface area (Å²) in [5.74, 6) is 0.122. The van der Waals surface area contributed by atoms with Gasteiger partial charge in [0.1, 0.15) is 23.4 Å². The van der Waals surface area contributed by atoms with E-state index in [2.05, 4.69) is 10.3 Å². The van der Waals surface area contributed by atoms with Crippen LogP contribution in [-0.4, -0.2) is 42.0 Å². The third kappa shape index (κ3) is 4.78. The highest BCUT2D eigenvalue weighted by atomic mass is 16.5. The summed E-state index contributed by atoms with van der Waals surface area (Å²) in [5.41, 5.74) is 0.566. The summed E-state index contributed by atoms with van der Waals surface area (Å²) in [6.07, 6.45) is 4.35. The van der Waals surface area contributed by atoms with Gasteiger partial charge in [-0.15, -0.1) is 0 Å². The van der Waals surface area contributed by atoms with E-state index in [-0.39, 0.29) is 25.0 Å². The summed E-state index contributed by atoms with van der Waals surface area (Å²) in [5, 5.41) is 2.64. The second kappa shape index (κ2) is 9.01. The lowest BCUT2D eigenvalue weighted by Crippen LogP contribution is -2.65. The van der Waals surface area contributed by atoms with E-state index >= 15 is 0 Å². The molecule has 1 fully saturated rings. The molecule has 2 heterocycles. The van der Waals surface area contributed by atoms with E-state index in [1.807, 2.05) is 6.07 Å². The SMILES string of the molecule is CC=CC(=O)Oc1ccnc(N2CC(NC(=O)COc3ccccc3)C2=O)c1C. The van der Waals surface area contributed by atoms with E-state index < -0.39 is 12.0 Å². The number of hydrogen-bond acceptors (Lipinski definition) is 6. The number of anilines is 1. The average Bonchev–Trinajstić information content (AvgIpc) is 2.72. The molecule has 1 aliphatic rings. The van der Waals surface area contributed by atoms with Crippen LogP contribution in [-0.2, 0) is 14.4 Å². The van der Waals surface area contributed by atoms with E-state index in [0.29, 0.717) is 22.9 Å². The number of carbonyl (C=O) groups excluding carboxylic acids is 3. The molecule has 1 aromatic heterocycles. The number of pyridine rings is 1. The van der Waals surface area contributed by atoms with Crippen molar-refractivity contribution in [3.8, 4) is 11.5 Å². The van der Waals surface area contributed by atoms with Crippen LogP contribution in [0.1, 0.15) is 12.5 Å². The molecule has 8 nitrogen and oxygen atoms in total. The number of para-hydroxylation sites is 1. The first-order valence-electron chi connectivity index (χ1n) is 9.08. The average molecular weight is 395 g/mol. The molecule has 1 atom stereocenters. The van der Waals surface area contributed by atoms with Gasteiger partial charge in [0.25, 0.3) is 11.8 Å². The standard InChI is InChI=1S/C21H21N3O5/c1-3-7-19(26)29-17-10-11-22-20(14(17)2)24-12-16(21(24)27)23-18(25)13-28-15-8-5-4-6-9-15/h3-11,16H,12-13H2,1-2H3,(H,23,25). The summed E-state index contributed by atoms with van der Waals surface area (Å²) in [4.78, 5) is 41.8. The van der Waals surface area contributed by atoms with Gasteiger partial charge in [-0.25, -0.2) is 9.78 Å². The van der Waals surface area contributed by atoms with Crippen LogP contribution in [0, 0.1) is 6.92 Å². The molecule has 2 aromatic rings. The highest BCUT2D eigenvalue weighted by molar-refractivity contribution is 6.05. The van der Waals surface area contributed by atoms with Crippen molar-refractivity contribution in [2.45, 2.75) is 19.9 Å². The van der Waals surface area contributed by atoms with Crippen molar-refractivity contribution in [2.24, 2.45) is 0 Å². The van der Waals surface area contributed by atoms with Gasteiger partial charge in [-0.3, -0.25) is 14.5 Å². The molecule has 0 aliphatic carbocycles. The van der Waals surface area contributed by atoms with Crippen LogP contribution in [0.3, 0.4) is 0 Å². The molecular weight excluding hydrogens is 374 g/mol. The largest absolute Gasteiger partial charge is 0.484 e. The first-order valence-corrected chi connectivity index (χ1v) is 9.08. The number of nitrogens with zero attached hydrogens (tertiary/aromatic N) is 2. The van der Waals surface area contributed by atoms with Crippen LogP contribution >= 0.6 is 0 Å². The number of carbonyl (C=O) groups is 3. The molecule has 1 N–H and O–H groups in total. The molecule has 150 valence electrons. The van der Waals surface area contributed by atoms with Gasteiger partial charge in [-0.2, -0.15) is 0 Å². The lowest BCUT2D eigenvalue weighted by Gasteiger charge is -2.38. The van der Waals surface area contributed by atoms with E-state index in [1.165, 1.54) is 17.2 Å². The molecule has 2 amide bonds. The topological polar surface area (TPSA) is 97.8 Å². The highest BCUT2D eigenvalue weighted by Crippen LogP contribution is 2.29. The Morgan fingerprint density at radius 3 is 2.72 bits per heavy atom. The zero-order valence-electron chi connectivity index (χ0n) is 16.1. The molecule has 0 bridgehead atoms. The van der Waals surface area contributed by atoms with Crippen molar-refractivity contribution in [2.75, 3.05) is 18.1 Å². The normalized spacial score (nSPS) is 15.7. The van der Waals surface area contributed by atoms with Gasteiger partial charge in [0, 0.05) is 17.8 Å². The predicted molar refractivity (Wildman–Crippen MR) is 106 cm³/mol. The van der Waals surface area contributed by atoms with Gasteiger partial charge in [-0.05, 0) is 32.0 Å². The van der Waals surface area contributed by atoms with Crippen molar-refractivity contribution in [1.82, 2.24) is 10.3 Å². The van der Waals surface area contributed by atoms with Gasteiger partial charge in [0.15, 0.2) is 6.61 Å². The van der Waals surface area contributed by atoms with Crippen LogP contribution in [0.15, 0.2) is 54.7 Å². The Morgan fingerprint density at radius 2 is 2.03 bits per heavy atom. The maximum atomic E-state index is 12.5. The van der Waals surface area contributed by atoms with Gasteiger partial charge < -0.3 is 14.8 Å². The van der Waals surface area contributed by atoms with Gasteiger partial charge in [-0.1, -0.05) is 24.3 Å². The lowest BCUT2D eigenvalue weighted by atomic mass is 10.1. The highest BCUT2D eigenvalue weighted by Gasteiger charge is 2.40. The quantitative estimate of drug-likeness (QED) is 0.436. The number of aromatic nitrogens is 1. The Hall–Kier alpha value is -3.68. The summed E-state index contributed by atoms with van der Waals surface area (Å²) >= 11 is 0. The number of benzene rings is 1. The maximum Gasteiger partial charge on any atom is 0.335 e. The molecule has 8 heteroatoms. The molecule has 0 spiro atoms. The monoisotopic (exact) mass is 395 g/mol. The lowest BCUT2D eigenvalue weighted by molar-refractivity contribution is -0.131. The Labute approximate surface area is 168 Å². The summed E-state index contributed by atoms with van der Waals surface area (Å²) in [7, 11) is 0. The summed E-state index contributed by atoms with van der Waals surface area (Å²) < 4.78 is 10.6. The van der Waals surface area contributed by atoms with Crippen LogP contribution < -0.4 is 19.7 Å². The van der Waals surface area contributed by atoms with Crippen LogP contribution in [0.2, 0.25) is 0 Å². The fourth-order valence-electron chi connectivity index (χ4n) is 2.79. The predicted octanol–water partition coefficient (Wildman–Crippen LogP) is 1.78. The first kappa shape index (κ1) is 20.1. The number of hydrogen-bond donors (Lipinski definition) is 1. The molecule has 1 unspecified atom stereocenters. The number of rotatable bonds is 7. The van der Waals surface area contributed by atoms with E-state index in [1.54, 1.807) is 50.3 Å². The molecule has 1 saturated heterocycles. The molecule has 1 aliphatic heterocycles. The number of allylic oxidation sites excluding steroid dienone is 1. The van der Waals surface area contributed by atoms with E-state index in [9.17, 15) is 14.4 Å². The van der Waals surface area contributed by atoms with Crippen LogP contribution in [0.25, 0.3) is 0 Å². The van der Waals surface area contributed by atoms with Crippen molar-refractivity contribution in [1.29, 1.82) is 0 Å². The van der Waals surface area contributed by atoms with Gasteiger partial charge in [0.2, 0.25) is 0 Å². The molecule has 0 saturated carbocycles. The minimum atomic E-state index is -0.641. The van der Waals surface area contributed by atoms with Gasteiger partial charge >= 0.3 is 5.97 Å². The second-order valence-electron chi connectivity index (χ2n) is 6.35. The molecule has 29 heavy (non-hydrogen) atoms. The minimum absolute atomic E-state index is 0.179. The summed E-state index contributed by atoms with van der Waals surface area (Å²) in [6, 6.07) is 9.87. The number of β-lactam (4-membered cyclic amide) rings is 1. The third-order valence-electron chi connectivity index (χ3n) is 4.27. The van der Waals surface area contributed by atoms with Crippen molar-refractivity contribution >= 4 is 23.6 Å². The Balaban J connectivity index is 1.56. The van der Waals surface area contributed by atoms with E-state index in [0.717, 1.165) is 0 Å². The number of nitrogens with one attached hydrogen (secondary N) is 1. The molecule has 0 radical (unpaired) electrons.